The van der Waals surface area contributed by atoms with E-state index in [1.165, 1.54) is 28.4 Å². The van der Waals surface area contributed by atoms with E-state index in [0.29, 0.717) is 26.0 Å². The number of benzene rings is 1. The predicted molar refractivity (Wildman–Crippen MR) is 110 cm³/mol. The van der Waals surface area contributed by atoms with E-state index in [2.05, 4.69) is 32.4 Å². The highest BCUT2D eigenvalue weighted by Crippen LogP contribution is 2.45. The van der Waals surface area contributed by atoms with Crippen molar-refractivity contribution >= 4 is 46.5 Å². The lowest BCUT2D eigenvalue weighted by atomic mass is 10.2. The molecule has 1 aliphatic heterocycles. The van der Waals surface area contributed by atoms with Crippen LogP contribution < -0.4 is 5.32 Å². The molecule has 0 spiro atoms. The van der Waals surface area contributed by atoms with Crippen LogP contribution in [0.4, 0.5) is 5.69 Å². The molecule has 4 rings (SSSR count). The van der Waals surface area contributed by atoms with Crippen molar-refractivity contribution in [3.63, 3.8) is 0 Å². The van der Waals surface area contributed by atoms with Crippen molar-refractivity contribution < 1.29 is 4.79 Å². The summed E-state index contributed by atoms with van der Waals surface area (Å²) < 4.78 is 0.457. The zero-order valence-electron chi connectivity index (χ0n) is 14.0. The van der Waals surface area contributed by atoms with Crippen LogP contribution in [-0.2, 0) is 0 Å². The van der Waals surface area contributed by atoms with Gasteiger partial charge in [0.25, 0.3) is 5.91 Å². The normalized spacial score (nSPS) is 14.5. The molecule has 3 heterocycles. The quantitative estimate of drug-likeness (QED) is 0.688. The third kappa shape index (κ3) is 3.77. The van der Waals surface area contributed by atoms with Crippen molar-refractivity contribution in [2.75, 3.05) is 16.8 Å². The monoisotopic (exact) mass is 400 g/mol. The first-order valence-electron chi connectivity index (χ1n) is 8.10. The number of rotatable bonds is 4. The summed E-state index contributed by atoms with van der Waals surface area (Å²) in [4.78, 5) is 26.2. The van der Waals surface area contributed by atoms with Crippen molar-refractivity contribution in [1.29, 1.82) is 0 Å². The van der Waals surface area contributed by atoms with Crippen LogP contribution in [0.3, 0.4) is 0 Å². The number of aryl methyl sites for hydroxylation is 1. The van der Waals surface area contributed by atoms with Gasteiger partial charge in [0.1, 0.15) is 4.88 Å². The third-order valence-corrected chi connectivity index (χ3v) is 8.05. The standard InChI is InChI=1S/C18H16N4OS3/c1-11-14(26-17(21-11)15-19-6-3-7-20-15)16(23)22-13-5-2-4-12(10-13)18-24-8-9-25-18/h2-7,10,18H,8-9H2,1H3,(H,22,23). The minimum atomic E-state index is -0.147. The Morgan fingerprint density at radius 3 is 2.69 bits per heavy atom. The fourth-order valence-electron chi connectivity index (χ4n) is 2.61. The summed E-state index contributed by atoms with van der Waals surface area (Å²) in [6.07, 6.45) is 3.34. The first-order chi connectivity index (χ1) is 12.7. The Bertz CT molecular complexity index is 923. The van der Waals surface area contributed by atoms with Crippen molar-refractivity contribution in [3.05, 3.63) is 58.9 Å². The Labute approximate surface area is 164 Å². The number of anilines is 1. The molecular formula is C18H16N4OS3. The molecule has 26 heavy (non-hydrogen) atoms. The minimum Gasteiger partial charge on any atom is -0.321 e. The third-order valence-electron chi connectivity index (χ3n) is 3.80. The first-order valence-corrected chi connectivity index (χ1v) is 11.0. The van der Waals surface area contributed by atoms with Gasteiger partial charge in [0.05, 0.1) is 10.3 Å². The largest absolute Gasteiger partial charge is 0.321 e. The number of carbonyl (C=O) groups excluding carboxylic acids is 1. The van der Waals surface area contributed by atoms with Crippen LogP contribution in [0.25, 0.3) is 10.8 Å². The second kappa shape index (κ2) is 7.77. The van der Waals surface area contributed by atoms with Gasteiger partial charge in [-0.1, -0.05) is 12.1 Å². The molecule has 0 radical (unpaired) electrons. The maximum atomic E-state index is 12.7. The predicted octanol–water partition coefficient (Wildman–Crippen LogP) is 4.64. The van der Waals surface area contributed by atoms with E-state index in [4.69, 9.17) is 0 Å². The number of nitrogens with zero attached hydrogens (tertiary/aromatic N) is 3. The van der Waals surface area contributed by atoms with Gasteiger partial charge >= 0.3 is 0 Å². The molecular weight excluding hydrogens is 384 g/mol. The average molecular weight is 401 g/mol. The number of hydrogen-bond acceptors (Lipinski definition) is 7. The molecule has 1 amide bonds. The second-order valence-corrected chi connectivity index (χ2v) is 9.38. The van der Waals surface area contributed by atoms with Gasteiger partial charge in [0, 0.05) is 29.6 Å². The molecule has 5 nitrogen and oxygen atoms in total. The molecule has 8 heteroatoms. The molecule has 0 saturated carbocycles. The van der Waals surface area contributed by atoms with Crippen LogP contribution in [0.2, 0.25) is 0 Å². The Hall–Kier alpha value is -1.90. The summed E-state index contributed by atoms with van der Waals surface area (Å²) >= 11 is 5.22. The van der Waals surface area contributed by atoms with Gasteiger partial charge in [-0.15, -0.1) is 34.9 Å². The van der Waals surface area contributed by atoms with Gasteiger partial charge in [-0.2, -0.15) is 0 Å². The van der Waals surface area contributed by atoms with Gasteiger partial charge in [-0.05, 0) is 30.7 Å². The molecule has 2 aromatic heterocycles. The lowest BCUT2D eigenvalue weighted by Crippen LogP contribution is -2.11. The Kier molecular flexibility index (Phi) is 5.23. The van der Waals surface area contributed by atoms with E-state index in [1.54, 1.807) is 18.5 Å². The minimum absolute atomic E-state index is 0.147. The summed E-state index contributed by atoms with van der Waals surface area (Å²) in [5.74, 6) is 2.75. The van der Waals surface area contributed by atoms with E-state index in [0.717, 1.165) is 5.69 Å². The molecule has 1 saturated heterocycles. The fourth-order valence-corrected chi connectivity index (χ4v) is 6.36. The molecule has 3 aromatic rings. The van der Waals surface area contributed by atoms with Gasteiger partial charge in [0.2, 0.25) is 0 Å². The molecule has 1 aromatic carbocycles. The van der Waals surface area contributed by atoms with Gasteiger partial charge in [0.15, 0.2) is 10.8 Å². The smallest absolute Gasteiger partial charge is 0.267 e. The number of nitrogens with one attached hydrogen (secondary N) is 1. The Morgan fingerprint density at radius 1 is 1.15 bits per heavy atom. The number of thiazole rings is 1. The van der Waals surface area contributed by atoms with Crippen LogP contribution in [-0.4, -0.2) is 32.4 Å². The zero-order chi connectivity index (χ0) is 17.9. The molecule has 1 aliphatic rings. The van der Waals surface area contributed by atoms with E-state index >= 15 is 0 Å². The first kappa shape index (κ1) is 17.5. The fraction of sp³-hybridized carbons (Fsp3) is 0.222. The Balaban J connectivity index is 1.53. The molecule has 0 bridgehead atoms. The number of hydrogen-bond donors (Lipinski definition) is 1. The molecule has 132 valence electrons. The van der Waals surface area contributed by atoms with Gasteiger partial charge in [-0.25, -0.2) is 15.0 Å². The van der Waals surface area contributed by atoms with E-state index < -0.39 is 0 Å². The van der Waals surface area contributed by atoms with Gasteiger partial charge < -0.3 is 5.32 Å². The topological polar surface area (TPSA) is 67.8 Å². The van der Waals surface area contributed by atoms with Crippen molar-refractivity contribution in [2.45, 2.75) is 11.5 Å². The van der Waals surface area contributed by atoms with Crippen LogP contribution in [0.15, 0.2) is 42.7 Å². The average Bonchev–Trinajstić information content (AvgIpc) is 3.32. The van der Waals surface area contributed by atoms with Crippen molar-refractivity contribution in [3.8, 4) is 10.8 Å². The molecule has 1 N–H and O–H groups in total. The van der Waals surface area contributed by atoms with Crippen LogP contribution in [0.1, 0.15) is 25.5 Å². The highest BCUT2D eigenvalue weighted by molar-refractivity contribution is 8.19. The van der Waals surface area contributed by atoms with Crippen molar-refractivity contribution in [1.82, 2.24) is 15.0 Å². The molecule has 0 aliphatic carbocycles. The SMILES string of the molecule is Cc1nc(-c2ncccn2)sc1C(=O)Nc1cccc(C2SCCS2)c1. The Morgan fingerprint density at radius 2 is 1.92 bits per heavy atom. The lowest BCUT2D eigenvalue weighted by Gasteiger charge is -2.11. The number of aromatic nitrogens is 3. The second-order valence-electron chi connectivity index (χ2n) is 5.66. The lowest BCUT2D eigenvalue weighted by molar-refractivity contribution is 0.103. The van der Waals surface area contributed by atoms with Crippen LogP contribution in [0, 0.1) is 6.92 Å². The van der Waals surface area contributed by atoms with E-state index in [1.807, 2.05) is 42.6 Å². The highest BCUT2D eigenvalue weighted by Gasteiger charge is 2.20. The maximum Gasteiger partial charge on any atom is 0.267 e. The molecule has 0 atom stereocenters. The molecule has 1 fully saturated rings. The maximum absolute atomic E-state index is 12.7. The van der Waals surface area contributed by atoms with Crippen molar-refractivity contribution in [2.24, 2.45) is 0 Å². The van der Waals surface area contributed by atoms with E-state index in [-0.39, 0.29) is 5.91 Å². The number of carbonyl (C=O) groups is 1. The molecule has 0 unspecified atom stereocenters. The highest BCUT2D eigenvalue weighted by atomic mass is 32.2. The summed E-state index contributed by atoms with van der Waals surface area (Å²) in [6, 6.07) is 9.85. The number of amides is 1. The summed E-state index contributed by atoms with van der Waals surface area (Å²) in [5.41, 5.74) is 2.74. The van der Waals surface area contributed by atoms with Crippen LogP contribution >= 0.6 is 34.9 Å². The van der Waals surface area contributed by atoms with E-state index in [9.17, 15) is 4.79 Å². The number of thioether (sulfide) groups is 2. The van der Waals surface area contributed by atoms with Gasteiger partial charge in [-0.3, -0.25) is 4.79 Å². The summed E-state index contributed by atoms with van der Waals surface area (Å²) in [7, 11) is 0. The zero-order valence-corrected chi connectivity index (χ0v) is 16.5. The van der Waals surface area contributed by atoms with Crippen LogP contribution in [0.5, 0.6) is 0 Å². The summed E-state index contributed by atoms with van der Waals surface area (Å²) in [6.45, 7) is 1.83. The summed E-state index contributed by atoms with van der Waals surface area (Å²) in [5, 5.41) is 3.65.